The standard InChI is InChI=1S/C7H6N2O/c1-5-6-2-3-10-7(6)4-8-9-5/h2-4H,1H3. The van der Waals surface area contributed by atoms with Crippen molar-refractivity contribution in [1.82, 2.24) is 10.2 Å². The minimum atomic E-state index is 0.799. The minimum absolute atomic E-state index is 0.799. The van der Waals surface area contributed by atoms with Crippen molar-refractivity contribution in [2.45, 2.75) is 6.92 Å². The Hall–Kier alpha value is -1.38. The number of furan rings is 1. The molecule has 2 aromatic heterocycles. The maximum absolute atomic E-state index is 5.10. The van der Waals surface area contributed by atoms with Gasteiger partial charge in [-0.3, -0.25) is 0 Å². The Balaban J connectivity index is 2.95. The first-order valence-electron chi connectivity index (χ1n) is 3.03. The summed E-state index contributed by atoms with van der Waals surface area (Å²) in [4.78, 5) is 0. The van der Waals surface area contributed by atoms with Crippen molar-refractivity contribution in [2.24, 2.45) is 0 Å². The highest BCUT2D eigenvalue weighted by atomic mass is 16.3. The predicted octanol–water partition coefficient (Wildman–Crippen LogP) is 1.53. The van der Waals surface area contributed by atoms with Gasteiger partial charge >= 0.3 is 0 Å². The number of aromatic nitrogens is 2. The van der Waals surface area contributed by atoms with Gasteiger partial charge in [-0.15, -0.1) is 0 Å². The maximum Gasteiger partial charge on any atom is 0.155 e. The molecule has 3 heteroatoms. The molecule has 0 aliphatic rings. The van der Waals surface area contributed by atoms with E-state index in [9.17, 15) is 0 Å². The van der Waals surface area contributed by atoms with Crippen LogP contribution in [0, 0.1) is 6.92 Å². The van der Waals surface area contributed by atoms with Gasteiger partial charge in [0.15, 0.2) is 5.58 Å². The number of hydrogen-bond acceptors (Lipinski definition) is 3. The van der Waals surface area contributed by atoms with E-state index in [1.165, 1.54) is 0 Å². The monoisotopic (exact) mass is 134 g/mol. The zero-order valence-corrected chi connectivity index (χ0v) is 5.53. The minimum Gasteiger partial charge on any atom is -0.463 e. The van der Waals surface area contributed by atoms with Crippen LogP contribution >= 0.6 is 0 Å². The lowest BCUT2D eigenvalue weighted by Crippen LogP contribution is -1.83. The zero-order valence-electron chi connectivity index (χ0n) is 5.53. The number of hydrogen-bond donors (Lipinski definition) is 0. The topological polar surface area (TPSA) is 38.9 Å². The molecule has 0 N–H and O–H groups in total. The summed E-state index contributed by atoms with van der Waals surface area (Å²) in [5.74, 6) is 0. The van der Waals surface area contributed by atoms with Crippen LogP contribution in [0.1, 0.15) is 5.69 Å². The maximum atomic E-state index is 5.10. The molecule has 2 rings (SSSR count). The van der Waals surface area contributed by atoms with Crippen LogP contribution in [0.2, 0.25) is 0 Å². The molecule has 0 fully saturated rings. The Labute approximate surface area is 57.7 Å². The van der Waals surface area contributed by atoms with Crippen LogP contribution in [0.5, 0.6) is 0 Å². The van der Waals surface area contributed by atoms with E-state index in [-0.39, 0.29) is 0 Å². The average Bonchev–Trinajstić information content (AvgIpc) is 2.36. The molecule has 0 spiro atoms. The summed E-state index contributed by atoms with van der Waals surface area (Å²) in [5.41, 5.74) is 1.71. The van der Waals surface area contributed by atoms with Crippen molar-refractivity contribution >= 4 is 11.0 Å². The second-order valence-corrected chi connectivity index (χ2v) is 2.13. The van der Waals surface area contributed by atoms with Gasteiger partial charge in [-0.05, 0) is 13.0 Å². The average molecular weight is 134 g/mol. The van der Waals surface area contributed by atoms with Gasteiger partial charge < -0.3 is 4.42 Å². The fourth-order valence-electron chi connectivity index (χ4n) is 0.942. The number of fused-ring (bicyclic) bond motifs is 1. The van der Waals surface area contributed by atoms with Gasteiger partial charge in [0.25, 0.3) is 0 Å². The van der Waals surface area contributed by atoms with Crippen molar-refractivity contribution in [1.29, 1.82) is 0 Å². The molecule has 2 aromatic rings. The van der Waals surface area contributed by atoms with E-state index in [2.05, 4.69) is 10.2 Å². The molecule has 0 unspecified atom stereocenters. The molecule has 0 saturated heterocycles. The third kappa shape index (κ3) is 0.603. The van der Waals surface area contributed by atoms with E-state index in [0.717, 1.165) is 16.7 Å². The van der Waals surface area contributed by atoms with E-state index in [0.29, 0.717) is 0 Å². The third-order valence-corrected chi connectivity index (χ3v) is 1.47. The number of rotatable bonds is 0. The molecule has 0 radical (unpaired) electrons. The van der Waals surface area contributed by atoms with Crippen molar-refractivity contribution in [2.75, 3.05) is 0 Å². The lowest BCUT2D eigenvalue weighted by Gasteiger charge is -1.88. The first-order chi connectivity index (χ1) is 4.88. The normalized spacial score (nSPS) is 10.5. The lowest BCUT2D eigenvalue weighted by molar-refractivity contribution is 0.612. The summed E-state index contributed by atoms with van der Waals surface area (Å²) in [6.45, 7) is 1.91. The highest BCUT2D eigenvalue weighted by Crippen LogP contribution is 2.14. The molecule has 0 saturated carbocycles. The molecule has 50 valence electrons. The van der Waals surface area contributed by atoms with Gasteiger partial charge in [-0.2, -0.15) is 10.2 Å². The molecule has 10 heavy (non-hydrogen) atoms. The van der Waals surface area contributed by atoms with Gasteiger partial charge in [0, 0.05) is 5.39 Å². The van der Waals surface area contributed by atoms with E-state index in [4.69, 9.17) is 4.42 Å². The molecule has 0 amide bonds. The third-order valence-electron chi connectivity index (χ3n) is 1.47. The molecule has 2 heterocycles. The molecule has 0 atom stereocenters. The van der Waals surface area contributed by atoms with Crippen molar-refractivity contribution in [3.05, 3.63) is 24.2 Å². The molecule has 0 bridgehead atoms. The first-order valence-corrected chi connectivity index (χ1v) is 3.03. The van der Waals surface area contributed by atoms with E-state index in [1.54, 1.807) is 12.5 Å². The van der Waals surface area contributed by atoms with Crippen LogP contribution in [0.15, 0.2) is 22.9 Å². The summed E-state index contributed by atoms with van der Waals surface area (Å²) in [7, 11) is 0. The fraction of sp³-hybridized carbons (Fsp3) is 0.143. The molecule has 0 aliphatic carbocycles. The van der Waals surface area contributed by atoms with Crippen molar-refractivity contribution < 1.29 is 4.42 Å². The quantitative estimate of drug-likeness (QED) is 0.548. The fourth-order valence-corrected chi connectivity index (χ4v) is 0.942. The van der Waals surface area contributed by atoms with E-state index < -0.39 is 0 Å². The Bertz CT molecular complexity index is 353. The Kier molecular flexibility index (Phi) is 0.974. The highest BCUT2D eigenvalue weighted by Gasteiger charge is 1.98. The predicted molar refractivity (Wildman–Crippen MR) is 36.5 cm³/mol. The van der Waals surface area contributed by atoms with Crippen molar-refractivity contribution in [3.63, 3.8) is 0 Å². The van der Waals surface area contributed by atoms with Crippen LogP contribution in [-0.4, -0.2) is 10.2 Å². The van der Waals surface area contributed by atoms with Crippen LogP contribution in [0.3, 0.4) is 0 Å². The van der Waals surface area contributed by atoms with Crippen LogP contribution in [0.25, 0.3) is 11.0 Å². The molecular weight excluding hydrogens is 128 g/mol. The Morgan fingerprint density at radius 3 is 3.20 bits per heavy atom. The first kappa shape index (κ1) is 5.41. The Morgan fingerprint density at radius 1 is 1.50 bits per heavy atom. The van der Waals surface area contributed by atoms with E-state index in [1.807, 2.05) is 13.0 Å². The number of nitrogens with zero attached hydrogens (tertiary/aromatic N) is 2. The molecule has 0 aromatic carbocycles. The summed E-state index contributed by atoms with van der Waals surface area (Å²) in [6, 6.07) is 1.89. The van der Waals surface area contributed by atoms with Gasteiger partial charge in [-0.25, -0.2) is 0 Å². The zero-order chi connectivity index (χ0) is 6.97. The van der Waals surface area contributed by atoms with Gasteiger partial charge in [0.05, 0.1) is 18.2 Å². The van der Waals surface area contributed by atoms with Crippen molar-refractivity contribution in [3.8, 4) is 0 Å². The second kappa shape index (κ2) is 1.80. The summed E-state index contributed by atoms with van der Waals surface area (Å²) >= 11 is 0. The Morgan fingerprint density at radius 2 is 2.40 bits per heavy atom. The smallest absolute Gasteiger partial charge is 0.155 e. The summed E-state index contributed by atoms with van der Waals surface area (Å²) < 4.78 is 5.10. The molecule has 3 nitrogen and oxygen atoms in total. The largest absolute Gasteiger partial charge is 0.463 e. The molecular formula is C7H6N2O. The van der Waals surface area contributed by atoms with Crippen LogP contribution in [-0.2, 0) is 0 Å². The number of aryl methyl sites for hydroxylation is 1. The van der Waals surface area contributed by atoms with Crippen LogP contribution in [0.4, 0.5) is 0 Å². The van der Waals surface area contributed by atoms with Crippen LogP contribution < -0.4 is 0 Å². The van der Waals surface area contributed by atoms with Gasteiger partial charge in [0.1, 0.15) is 0 Å². The lowest BCUT2D eigenvalue weighted by atomic mass is 10.3. The van der Waals surface area contributed by atoms with E-state index >= 15 is 0 Å². The van der Waals surface area contributed by atoms with Gasteiger partial charge in [-0.1, -0.05) is 0 Å². The molecule has 0 aliphatic heterocycles. The summed E-state index contributed by atoms with van der Waals surface area (Å²) in [5, 5.41) is 8.65. The highest BCUT2D eigenvalue weighted by molar-refractivity contribution is 5.77. The van der Waals surface area contributed by atoms with Gasteiger partial charge in [0.2, 0.25) is 0 Å². The SMILES string of the molecule is Cc1nncc2occc12. The summed E-state index contributed by atoms with van der Waals surface area (Å²) in [6.07, 6.45) is 3.25. The second-order valence-electron chi connectivity index (χ2n) is 2.13.